The molecule has 2 aromatic rings. The molecule has 0 atom stereocenters. The highest BCUT2D eigenvalue weighted by Gasteiger charge is 2.05. The van der Waals surface area contributed by atoms with E-state index in [-0.39, 0.29) is 5.91 Å². The van der Waals surface area contributed by atoms with E-state index in [0.29, 0.717) is 11.4 Å². The summed E-state index contributed by atoms with van der Waals surface area (Å²) in [6, 6.07) is 10.8. The van der Waals surface area contributed by atoms with Gasteiger partial charge >= 0.3 is 0 Å². The molecule has 4 nitrogen and oxygen atoms in total. The average molecular weight is 339 g/mol. The molecule has 1 aromatic carbocycles. The lowest BCUT2D eigenvalue weighted by molar-refractivity contribution is 0.102. The van der Waals surface area contributed by atoms with Gasteiger partial charge in [-0.1, -0.05) is 0 Å². The van der Waals surface area contributed by atoms with Crippen molar-refractivity contribution in [3.05, 3.63) is 51.7 Å². The number of pyridine rings is 1. The smallest absolute Gasteiger partial charge is 0.257 e. The summed E-state index contributed by atoms with van der Waals surface area (Å²) in [5.41, 5.74) is 6.69. The number of nitrogens with two attached hydrogens (primary N) is 1. The number of benzene rings is 1. The number of anilines is 2. The molecule has 3 N–H and O–H groups in total. The maximum absolute atomic E-state index is 11.8. The van der Waals surface area contributed by atoms with Gasteiger partial charge in [-0.3, -0.25) is 4.79 Å². The van der Waals surface area contributed by atoms with Gasteiger partial charge in [0, 0.05) is 15.5 Å². The molecule has 5 heteroatoms. The molecule has 0 aliphatic rings. The SMILES string of the molecule is Nc1ccc(C(=O)Nc2ccc(I)cc2)cn1. The second kappa shape index (κ2) is 5.13. The van der Waals surface area contributed by atoms with Gasteiger partial charge < -0.3 is 11.1 Å². The third-order valence-corrected chi connectivity index (χ3v) is 2.87. The van der Waals surface area contributed by atoms with Gasteiger partial charge in [-0.2, -0.15) is 0 Å². The minimum absolute atomic E-state index is 0.196. The van der Waals surface area contributed by atoms with E-state index in [1.54, 1.807) is 12.1 Å². The lowest BCUT2D eigenvalue weighted by Crippen LogP contribution is -2.12. The zero-order valence-electron chi connectivity index (χ0n) is 8.85. The molecule has 1 aromatic heterocycles. The van der Waals surface area contributed by atoms with Crippen molar-refractivity contribution in [3.63, 3.8) is 0 Å². The van der Waals surface area contributed by atoms with Gasteiger partial charge in [-0.15, -0.1) is 0 Å². The Kier molecular flexibility index (Phi) is 3.58. The predicted molar refractivity (Wildman–Crippen MR) is 75.8 cm³/mol. The van der Waals surface area contributed by atoms with Gasteiger partial charge in [0.25, 0.3) is 5.91 Å². The molecule has 86 valence electrons. The number of aromatic nitrogens is 1. The van der Waals surface area contributed by atoms with E-state index in [1.807, 2.05) is 24.3 Å². The molecule has 2 rings (SSSR count). The molecule has 0 radical (unpaired) electrons. The first-order valence-electron chi connectivity index (χ1n) is 4.93. The maximum Gasteiger partial charge on any atom is 0.257 e. The van der Waals surface area contributed by atoms with Crippen molar-refractivity contribution in [2.75, 3.05) is 11.1 Å². The Hall–Kier alpha value is -1.63. The van der Waals surface area contributed by atoms with Crippen molar-refractivity contribution in [3.8, 4) is 0 Å². The number of nitrogens with one attached hydrogen (secondary N) is 1. The van der Waals surface area contributed by atoms with Crippen LogP contribution in [-0.4, -0.2) is 10.9 Å². The Morgan fingerprint density at radius 3 is 2.47 bits per heavy atom. The van der Waals surface area contributed by atoms with Crippen LogP contribution in [0.4, 0.5) is 11.5 Å². The number of rotatable bonds is 2. The average Bonchev–Trinajstić information content (AvgIpc) is 2.33. The second-order valence-corrected chi connectivity index (χ2v) is 4.68. The van der Waals surface area contributed by atoms with E-state index >= 15 is 0 Å². The standard InChI is InChI=1S/C12H10IN3O/c13-9-2-4-10(5-3-9)16-12(17)8-1-6-11(14)15-7-8/h1-7H,(H2,14,15)(H,16,17). The summed E-state index contributed by atoms with van der Waals surface area (Å²) >= 11 is 2.21. The molecule has 0 spiro atoms. The fourth-order valence-corrected chi connectivity index (χ4v) is 1.64. The number of carbonyl (C=O) groups is 1. The van der Waals surface area contributed by atoms with E-state index in [9.17, 15) is 4.79 Å². The number of nitrogen functional groups attached to an aromatic ring is 1. The lowest BCUT2D eigenvalue weighted by Gasteiger charge is -2.05. The molecule has 0 saturated heterocycles. The largest absolute Gasteiger partial charge is 0.384 e. The molecule has 0 aliphatic heterocycles. The second-order valence-electron chi connectivity index (χ2n) is 3.43. The Morgan fingerprint density at radius 1 is 1.18 bits per heavy atom. The van der Waals surface area contributed by atoms with Crippen molar-refractivity contribution in [1.82, 2.24) is 4.98 Å². The van der Waals surface area contributed by atoms with Gasteiger partial charge in [0.2, 0.25) is 0 Å². The van der Waals surface area contributed by atoms with Crippen LogP contribution < -0.4 is 11.1 Å². The topological polar surface area (TPSA) is 68.0 Å². The van der Waals surface area contributed by atoms with E-state index in [1.165, 1.54) is 6.20 Å². The zero-order chi connectivity index (χ0) is 12.3. The summed E-state index contributed by atoms with van der Waals surface area (Å²) in [5, 5.41) is 2.78. The summed E-state index contributed by atoms with van der Waals surface area (Å²) < 4.78 is 1.12. The first-order valence-corrected chi connectivity index (χ1v) is 6.01. The Balaban J connectivity index is 2.11. The highest BCUT2D eigenvalue weighted by Crippen LogP contribution is 2.12. The van der Waals surface area contributed by atoms with Crippen molar-refractivity contribution in [2.45, 2.75) is 0 Å². The van der Waals surface area contributed by atoms with Crippen LogP contribution in [0.5, 0.6) is 0 Å². The predicted octanol–water partition coefficient (Wildman–Crippen LogP) is 2.52. The normalized spacial score (nSPS) is 9.94. The zero-order valence-corrected chi connectivity index (χ0v) is 11.0. The van der Waals surface area contributed by atoms with Gasteiger partial charge in [-0.25, -0.2) is 4.98 Å². The van der Waals surface area contributed by atoms with Gasteiger partial charge in [0.05, 0.1) is 5.56 Å². The molecular formula is C12H10IN3O. The van der Waals surface area contributed by atoms with Crippen LogP contribution in [0, 0.1) is 3.57 Å². The molecule has 0 fully saturated rings. The molecule has 0 saturated carbocycles. The van der Waals surface area contributed by atoms with Gasteiger partial charge in [0.1, 0.15) is 5.82 Å². The molecule has 1 amide bonds. The van der Waals surface area contributed by atoms with E-state index < -0.39 is 0 Å². The Morgan fingerprint density at radius 2 is 1.88 bits per heavy atom. The first kappa shape index (κ1) is 11.8. The van der Waals surface area contributed by atoms with E-state index in [4.69, 9.17) is 5.73 Å². The fraction of sp³-hybridized carbons (Fsp3) is 0. The third kappa shape index (κ3) is 3.16. The van der Waals surface area contributed by atoms with Crippen molar-refractivity contribution in [2.24, 2.45) is 0 Å². The summed E-state index contributed by atoms with van der Waals surface area (Å²) in [6.07, 6.45) is 1.46. The summed E-state index contributed by atoms with van der Waals surface area (Å²) in [6.45, 7) is 0. The van der Waals surface area contributed by atoms with E-state index in [2.05, 4.69) is 32.9 Å². The van der Waals surface area contributed by atoms with Crippen molar-refractivity contribution >= 4 is 40.0 Å². The number of halogens is 1. The number of carbonyl (C=O) groups excluding carboxylic acids is 1. The number of nitrogens with zero attached hydrogens (tertiary/aromatic N) is 1. The fourth-order valence-electron chi connectivity index (χ4n) is 1.28. The molecule has 0 unspecified atom stereocenters. The highest BCUT2D eigenvalue weighted by molar-refractivity contribution is 14.1. The van der Waals surface area contributed by atoms with Crippen LogP contribution in [0.15, 0.2) is 42.6 Å². The van der Waals surface area contributed by atoms with Crippen LogP contribution in [0.25, 0.3) is 0 Å². The molecular weight excluding hydrogens is 329 g/mol. The quantitative estimate of drug-likeness (QED) is 0.827. The third-order valence-electron chi connectivity index (χ3n) is 2.15. The molecule has 0 aliphatic carbocycles. The monoisotopic (exact) mass is 339 g/mol. The summed E-state index contributed by atoms with van der Waals surface area (Å²) in [5.74, 6) is 0.203. The first-order chi connectivity index (χ1) is 8.15. The molecule has 0 bridgehead atoms. The maximum atomic E-state index is 11.8. The van der Waals surface area contributed by atoms with Crippen LogP contribution in [0.1, 0.15) is 10.4 Å². The summed E-state index contributed by atoms with van der Waals surface area (Å²) in [7, 11) is 0. The lowest BCUT2D eigenvalue weighted by atomic mass is 10.2. The Bertz CT molecular complexity index is 522. The van der Waals surface area contributed by atoms with Gasteiger partial charge in [-0.05, 0) is 59.0 Å². The van der Waals surface area contributed by atoms with Crippen LogP contribution >= 0.6 is 22.6 Å². The minimum atomic E-state index is -0.196. The Labute approximate surface area is 112 Å². The molecule has 17 heavy (non-hydrogen) atoms. The van der Waals surface area contributed by atoms with Gasteiger partial charge in [0.15, 0.2) is 0 Å². The number of amides is 1. The van der Waals surface area contributed by atoms with Crippen LogP contribution in [0.2, 0.25) is 0 Å². The summed E-state index contributed by atoms with van der Waals surface area (Å²) in [4.78, 5) is 15.7. The van der Waals surface area contributed by atoms with Crippen LogP contribution in [0.3, 0.4) is 0 Å². The van der Waals surface area contributed by atoms with Crippen molar-refractivity contribution < 1.29 is 4.79 Å². The highest BCUT2D eigenvalue weighted by atomic mass is 127. The van der Waals surface area contributed by atoms with Crippen molar-refractivity contribution in [1.29, 1.82) is 0 Å². The van der Waals surface area contributed by atoms with Crippen LogP contribution in [-0.2, 0) is 0 Å². The number of hydrogen-bond donors (Lipinski definition) is 2. The number of hydrogen-bond acceptors (Lipinski definition) is 3. The van der Waals surface area contributed by atoms with E-state index in [0.717, 1.165) is 9.26 Å². The minimum Gasteiger partial charge on any atom is -0.384 e. The molecule has 1 heterocycles.